The van der Waals surface area contributed by atoms with Crippen molar-refractivity contribution < 1.29 is 8.42 Å². The van der Waals surface area contributed by atoms with E-state index in [1.165, 1.54) is 6.20 Å². The first-order valence-electron chi connectivity index (χ1n) is 5.51. The number of aryl methyl sites for hydroxylation is 1. The Bertz CT molecular complexity index is 675. The van der Waals surface area contributed by atoms with E-state index in [9.17, 15) is 8.42 Å². The third kappa shape index (κ3) is 3.59. The highest BCUT2D eigenvalue weighted by Gasteiger charge is 2.17. The second-order valence-corrected chi connectivity index (χ2v) is 6.60. The van der Waals surface area contributed by atoms with Crippen molar-refractivity contribution >= 4 is 26.0 Å². The van der Waals surface area contributed by atoms with Gasteiger partial charge in [0.2, 0.25) is 10.0 Å². The van der Waals surface area contributed by atoms with Gasteiger partial charge in [-0.3, -0.25) is 0 Å². The number of sulfonamides is 1. The van der Waals surface area contributed by atoms with E-state index in [1.54, 1.807) is 37.3 Å². The molecule has 0 radical (unpaired) electrons. The van der Waals surface area contributed by atoms with Crippen LogP contribution in [0.3, 0.4) is 0 Å². The van der Waals surface area contributed by atoms with Gasteiger partial charge in [-0.1, -0.05) is 22.0 Å². The molecule has 0 fully saturated rings. The molecular formula is C12H12BrN3O2S. The Balaban J connectivity index is 2.21. The number of hydrogen-bond donors (Lipinski definition) is 1. The zero-order valence-electron chi connectivity index (χ0n) is 10.2. The van der Waals surface area contributed by atoms with E-state index in [4.69, 9.17) is 0 Å². The molecule has 0 unspecified atom stereocenters. The van der Waals surface area contributed by atoms with Crippen molar-refractivity contribution in [2.45, 2.75) is 18.4 Å². The molecular weight excluding hydrogens is 330 g/mol. The summed E-state index contributed by atoms with van der Waals surface area (Å²) in [6, 6.07) is 8.55. The molecule has 0 atom stereocenters. The molecule has 0 aliphatic heterocycles. The Morgan fingerprint density at radius 2 is 2.11 bits per heavy atom. The Labute approximate surface area is 120 Å². The van der Waals surface area contributed by atoms with E-state index in [2.05, 4.69) is 30.8 Å². The maximum absolute atomic E-state index is 12.2. The van der Waals surface area contributed by atoms with Crippen molar-refractivity contribution in [3.63, 3.8) is 0 Å². The predicted octanol–water partition coefficient (Wildman–Crippen LogP) is 2.03. The highest BCUT2D eigenvalue weighted by Crippen LogP contribution is 2.20. The minimum absolute atomic E-state index is 0.113. The van der Waals surface area contributed by atoms with E-state index in [1.807, 2.05) is 0 Å². The zero-order chi connectivity index (χ0) is 13.9. The summed E-state index contributed by atoms with van der Waals surface area (Å²) in [7, 11) is -3.56. The van der Waals surface area contributed by atoms with Crippen LogP contribution < -0.4 is 4.72 Å². The fourth-order valence-corrected chi connectivity index (χ4v) is 3.32. The van der Waals surface area contributed by atoms with Crippen LogP contribution in [-0.2, 0) is 16.6 Å². The molecule has 2 aromatic rings. The van der Waals surface area contributed by atoms with Crippen LogP contribution in [0.5, 0.6) is 0 Å². The van der Waals surface area contributed by atoms with Gasteiger partial charge in [-0.2, -0.15) is 10.2 Å². The maximum Gasteiger partial charge on any atom is 0.241 e. The van der Waals surface area contributed by atoms with E-state index < -0.39 is 10.0 Å². The average Bonchev–Trinajstić information content (AvgIpc) is 2.40. The highest BCUT2D eigenvalue weighted by atomic mass is 79.9. The molecule has 1 N–H and O–H groups in total. The van der Waals surface area contributed by atoms with Crippen LogP contribution in [0.25, 0.3) is 0 Å². The van der Waals surface area contributed by atoms with Gasteiger partial charge in [0.1, 0.15) is 0 Å². The second kappa shape index (κ2) is 5.77. The molecule has 19 heavy (non-hydrogen) atoms. The number of nitrogens with one attached hydrogen (secondary N) is 1. The van der Waals surface area contributed by atoms with Gasteiger partial charge in [0.25, 0.3) is 0 Å². The van der Waals surface area contributed by atoms with E-state index in [0.717, 1.165) is 4.47 Å². The zero-order valence-corrected chi connectivity index (χ0v) is 12.6. The van der Waals surface area contributed by atoms with Gasteiger partial charge in [0.15, 0.2) is 0 Å². The fraction of sp³-hybridized carbons (Fsp3) is 0.167. The quantitative estimate of drug-likeness (QED) is 0.923. The summed E-state index contributed by atoms with van der Waals surface area (Å²) in [6.07, 6.45) is 1.54. The topological polar surface area (TPSA) is 72.0 Å². The molecule has 2 rings (SSSR count). The summed E-state index contributed by atoms with van der Waals surface area (Å²) in [5.74, 6) is 0. The van der Waals surface area contributed by atoms with Crippen LogP contribution in [0, 0.1) is 6.92 Å². The molecule has 0 aliphatic rings. The molecule has 0 amide bonds. The van der Waals surface area contributed by atoms with Crippen molar-refractivity contribution in [2.24, 2.45) is 0 Å². The third-order valence-corrected chi connectivity index (χ3v) is 4.55. The summed E-state index contributed by atoms with van der Waals surface area (Å²) < 4.78 is 27.6. The molecule has 0 saturated carbocycles. The molecule has 0 bridgehead atoms. The highest BCUT2D eigenvalue weighted by molar-refractivity contribution is 9.10. The van der Waals surface area contributed by atoms with Gasteiger partial charge < -0.3 is 0 Å². The molecule has 5 nitrogen and oxygen atoms in total. The van der Waals surface area contributed by atoms with Crippen LogP contribution >= 0.6 is 15.9 Å². The summed E-state index contributed by atoms with van der Waals surface area (Å²) >= 11 is 3.27. The molecule has 7 heteroatoms. The van der Waals surface area contributed by atoms with Crippen LogP contribution in [0.4, 0.5) is 0 Å². The third-order valence-electron chi connectivity index (χ3n) is 2.51. The number of benzene rings is 1. The van der Waals surface area contributed by atoms with Crippen LogP contribution in [0.1, 0.15) is 11.3 Å². The first-order valence-corrected chi connectivity index (χ1v) is 7.79. The minimum atomic E-state index is -3.56. The Kier molecular flexibility index (Phi) is 4.28. The number of aromatic nitrogens is 2. The van der Waals surface area contributed by atoms with Gasteiger partial charge in [0.05, 0.1) is 17.1 Å². The standard InChI is InChI=1S/C12H12BrN3O2S/c1-9-4-5-10(13)7-12(9)19(17,18)15-8-11-3-2-6-14-16-11/h2-7,15H,8H2,1H3. The summed E-state index contributed by atoms with van der Waals surface area (Å²) in [4.78, 5) is 0.255. The van der Waals surface area contributed by atoms with Crippen molar-refractivity contribution in [3.05, 3.63) is 52.3 Å². The Morgan fingerprint density at radius 1 is 1.32 bits per heavy atom. The average molecular weight is 342 g/mol. The Hall–Kier alpha value is -1.31. The van der Waals surface area contributed by atoms with Gasteiger partial charge >= 0.3 is 0 Å². The minimum Gasteiger partial charge on any atom is -0.207 e. The monoisotopic (exact) mass is 341 g/mol. The smallest absolute Gasteiger partial charge is 0.207 e. The molecule has 1 aromatic heterocycles. The van der Waals surface area contributed by atoms with E-state index >= 15 is 0 Å². The van der Waals surface area contributed by atoms with Crippen molar-refractivity contribution in [1.29, 1.82) is 0 Å². The largest absolute Gasteiger partial charge is 0.241 e. The predicted molar refractivity (Wildman–Crippen MR) is 74.9 cm³/mol. The normalized spacial score (nSPS) is 11.5. The van der Waals surface area contributed by atoms with Crippen LogP contribution in [-0.4, -0.2) is 18.6 Å². The molecule has 0 spiro atoms. The molecule has 0 aliphatic carbocycles. The maximum atomic E-state index is 12.2. The molecule has 1 aromatic carbocycles. The molecule has 1 heterocycles. The lowest BCUT2D eigenvalue weighted by Crippen LogP contribution is -2.24. The number of halogens is 1. The Morgan fingerprint density at radius 3 is 2.79 bits per heavy atom. The van der Waals surface area contributed by atoms with E-state index in [-0.39, 0.29) is 11.4 Å². The molecule has 0 saturated heterocycles. The summed E-state index contributed by atoms with van der Waals surface area (Å²) in [5, 5.41) is 7.53. The summed E-state index contributed by atoms with van der Waals surface area (Å²) in [5.41, 5.74) is 1.26. The van der Waals surface area contributed by atoms with Crippen LogP contribution in [0.15, 0.2) is 45.9 Å². The number of rotatable bonds is 4. The van der Waals surface area contributed by atoms with Gasteiger partial charge in [-0.25, -0.2) is 13.1 Å². The van der Waals surface area contributed by atoms with Crippen molar-refractivity contribution in [3.8, 4) is 0 Å². The lowest BCUT2D eigenvalue weighted by Gasteiger charge is -2.09. The van der Waals surface area contributed by atoms with Gasteiger partial charge in [0, 0.05) is 10.7 Å². The fourth-order valence-electron chi connectivity index (χ4n) is 1.54. The number of nitrogens with zero attached hydrogens (tertiary/aromatic N) is 2. The van der Waals surface area contributed by atoms with Gasteiger partial charge in [-0.15, -0.1) is 0 Å². The lowest BCUT2D eigenvalue weighted by molar-refractivity contribution is 0.579. The van der Waals surface area contributed by atoms with Gasteiger partial charge in [-0.05, 0) is 36.8 Å². The lowest BCUT2D eigenvalue weighted by atomic mass is 10.2. The van der Waals surface area contributed by atoms with E-state index in [0.29, 0.717) is 11.3 Å². The first kappa shape index (κ1) is 14.1. The SMILES string of the molecule is Cc1ccc(Br)cc1S(=O)(=O)NCc1cccnn1. The van der Waals surface area contributed by atoms with Crippen molar-refractivity contribution in [2.75, 3.05) is 0 Å². The first-order chi connectivity index (χ1) is 8.99. The summed E-state index contributed by atoms with van der Waals surface area (Å²) in [6.45, 7) is 1.87. The second-order valence-electron chi connectivity index (χ2n) is 3.95. The van der Waals surface area contributed by atoms with Crippen LogP contribution in [0.2, 0.25) is 0 Å². The number of hydrogen-bond acceptors (Lipinski definition) is 4. The van der Waals surface area contributed by atoms with Crippen molar-refractivity contribution in [1.82, 2.24) is 14.9 Å². The molecule has 100 valence electrons.